The molecule has 1 saturated heterocycles. The molecule has 0 saturated carbocycles. The quantitative estimate of drug-likeness (QED) is 0.114. The zero-order valence-electron chi connectivity index (χ0n) is 22.1. The van der Waals surface area contributed by atoms with Crippen molar-refractivity contribution in [3.8, 4) is 11.5 Å². The Morgan fingerprint density at radius 2 is 1.67 bits per heavy atom. The van der Waals surface area contributed by atoms with Crippen molar-refractivity contribution < 1.29 is 24.2 Å². The lowest BCUT2D eigenvalue weighted by atomic mass is 9.95. The lowest BCUT2D eigenvalue weighted by Gasteiger charge is -2.24. The number of halogens is 2. The number of Topliss-reactive ketones (excluding diaryl/α,β-unsaturated/α-hetero) is 1. The number of anilines is 1. The van der Waals surface area contributed by atoms with Gasteiger partial charge in [-0.25, -0.2) is 4.98 Å². The van der Waals surface area contributed by atoms with Gasteiger partial charge in [0.1, 0.15) is 12.4 Å². The average molecular weight is 618 g/mol. The summed E-state index contributed by atoms with van der Waals surface area (Å²) in [6.45, 7) is 0.319. The van der Waals surface area contributed by atoms with Crippen LogP contribution < -0.4 is 14.4 Å². The standard InChI is InChI=1S/C32H22Cl2N2O5S/c1-40-25-15-20(9-14-24(25)41-17-18-5-3-2-4-6-18)28-27(29(37)19-7-10-21(33)11-8-19)30(38)31(39)36(28)32-35-23-13-12-22(34)16-26(23)42-32/h2-16,28,37H,17H2,1H3. The number of benzene rings is 4. The van der Waals surface area contributed by atoms with E-state index >= 15 is 0 Å². The van der Waals surface area contributed by atoms with Crippen LogP contribution in [0.25, 0.3) is 16.0 Å². The lowest BCUT2D eigenvalue weighted by molar-refractivity contribution is -0.132. The zero-order valence-corrected chi connectivity index (χ0v) is 24.4. The van der Waals surface area contributed by atoms with Crippen LogP contribution in [0.4, 0.5) is 5.13 Å². The average Bonchev–Trinajstić information content (AvgIpc) is 3.53. The number of ether oxygens (including phenoxy) is 2. The van der Waals surface area contributed by atoms with Crippen LogP contribution in [0.3, 0.4) is 0 Å². The highest BCUT2D eigenvalue weighted by Crippen LogP contribution is 2.46. The predicted octanol–water partition coefficient (Wildman–Crippen LogP) is 7.82. The van der Waals surface area contributed by atoms with Gasteiger partial charge in [0.15, 0.2) is 16.6 Å². The first-order valence-corrected chi connectivity index (χ1v) is 14.4. The molecule has 1 aliphatic heterocycles. The molecule has 1 aromatic heterocycles. The number of hydrogen-bond acceptors (Lipinski definition) is 7. The summed E-state index contributed by atoms with van der Waals surface area (Å²) < 4.78 is 12.4. The molecule has 1 amide bonds. The molecule has 1 fully saturated rings. The number of fused-ring (bicyclic) bond motifs is 1. The van der Waals surface area contributed by atoms with E-state index in [1.807, 2.05) is 30.3 Å². The number of ketones is 1. The number of aliphatic hydroxyl groups is 1. The Balaban J connectivity index is 1.48. The fraction of sp³-hybridized carbons (Fsp3) is 0.0938. The smallest absolute Gasteiger partial charge is 0.301 e. The van der Waals surface area contributed by atoms with E-state index in [0.717, 1.165) is 10.3 Å². The molecule has 0 spiro atoms. The number of carbonyl (C=O) groups is 2. The van der Waals surface area contributed by atoms with Gasteiger partial charge >= 0.3 is 5.91 Å². The number of thiazole rings is 1. The number of nitrogens with zero attached hydrogens (tertiary/aromatic N) is 2. The minimum atomic E-state index is -1.01. The lowest BCUT2D eigenvalue weighted by Crippen LogP contribution is -2.29. The molecular weight excluding hydrogens is 595 g/mol. The molecule has 7 nitrogen and oxygen atoms in total. The van der Waals surface area contributed by atoms with Gasteiger partial charge in [-0.2, -0.15) is 0 Å². The first-order valence-electron chi connectivity index (χ1n) is 12.8. The van der Waals surface area contributed by atoms with Crippen LogP contribution in [-0.4, -0.2) is 28.9 Å². The maximum absolute atomic E-state index is 13.6. The molecule has 0 radical (unpaired) electrons. The van der Waals surface area contributed by atoms with Crippen LogP contribution in [0.1, 0.15) is 22.7 Å². The maximum atomic E-state index is 13.6. The first kappa shape index (κ1) is 27.8. The predicted molar refractivity (Wildman–Crippen MR) is 165 cm³/mol. The second-order valence-electron chi connectivity index (χ2n) is 9.47. The Morgan fingerprint density at radius 1 is 0.929 bits per heavy atom. The van der Waals surface area contributed by atoms with Crippen LogP contribution in [0.2, 0.25) is 10.0 Å². The van der Waals surface area contributed by atoms with Crippen LogP contribution >= 0.6 is 34.5 Å². The van der Waals surface area contributed by atoms with E-state index in [1.54, 1.807) is 60.7 Å². The van der Waals surface area contributed by atoms with Crippen LogP contribution in [0.15, 0.2) is 96.6 Å². The number of methoxy groups -OCH3 is 1. The third kappa shape index (κ3) is 5.20. The summed E-state index contributed by atoms with van der Waals surface area (Å²) in [6, 6.07) is 25.4. The minimum Gasteiger partial charge on any atom is -0.507 e. The molecule has 1 N–H and O–H groups in total. The van der Waals surface area contributed by atoms with Crippen molar-refractivity contribution >= 4 is 67.3 Å². The summed E-state index contributed by atoms with van der Waals surface area (Å²) in [5, 5.41) is 12.7. The normalized spacial score (nSPS) is 16.3. The molecule has 6 rings (SSSR count). The number of hydrogen-bond donors (Lipinski definition) is 1. The summed E-state index contributed by atoms with van der Waals surface area (Å²) >= 11 is 13.5. The molecule has 0 bridgehead atoms. The highest BCUT2D eigenvalue weighted by atomic mass is 35.5. The van der Waals surface area contributed by atoms with E-state index in [1.165, 1.54) is 23.3 Å². The Bertz CT molecular complexity index is 1850. The monoisotopic (exact) mass is 616 g/mol. The molecule has 42 heavy (non-hydrogen) atoms. The second kappa shape index (κ2) is 11.5. The fourth-order valence-corrected chi connectivity index (χ4v) is 6.20. The van der Waals surface area contributed by atoms with Crippen molar-refractivity contribution in [3.05, 3.63) is 123 Å². The first-order chi connectivity index (χ1) is 20.3. The molecule has 0 aliphatic carbocycles. The van der Waals surface area contributed by atoms with E-state index < -0.39 is 17.7 Å². The molecule has 5 aromatic rings. The van der Waals surface area contributed by atoms with E-state index in [9.17, 15) is 14.7 Å². The fourth-order valence-electron chi connectivity index (χ4n) is 4.81. The Labute approximate surface area is 255 Å². The Kier molecular flexibility index (Phi) is 7.60. The molecular formula is C32H22Cl2N2O5S. The van der Waals surface area contributed by atoms with Crippen LogP contribution in [-0.2, 0) is 16.2 Å². The third-order valence-electron chi connectivity index (χ3n) is 6.85. The van der Waals surface area contributed by atoms with E-state index in [0.29, 0.717) is 44.8 Å². The zero-order chi connectivity index (χ0) is 29.4. The SMILES string of the molecule is COc1cc(C2C(=C(O)c3ccc(Cl)cc3)C(=O)C(=O)N2c2nc3ccc(Cl)cc3s2)ccc1OCc1ccccc1. The molecule has 2 heterocycles. The van der Waals surface area contributed by atoms with Crippen molar-refractivity contribution in [2.24, 2.45) is 0 Å². The number of amides is 1. The van der Waals surface area contributed by atoms with Gasteiger partial charge in [-0.1, -0.05) is 70.9 Å². The van der Waals surface area contributed by atoms with Gasteiger partial charge < -0.3 is 14.6 Å². The summed E-state index contributed by atoms with van der Waals surface area (Å²) in [4.78, 5) is 33.1. The van der Waals surface area contributed by atoms with E-state index in [-0.39, 0.29) is 16.5 Å². The largest absolute Gasteiger partial charge is 0.507 e. The Morgan fingerprint density at radius 3 is 2.40 bits per heavy atom. The van der Waals surface area contributed by atoms with Crippen molar-refractivity contribution in [2.45, 2.75) is 12.6 Å². The summed E-state index contributed by atoms with van der Waals surface area (Å²) in [5.74, 6) is -1.10. The summed E-state index contributed by atoms with van der Waals surface area (Å²) in [6.07, 6.45) is 0. The maximum Gasteiger partial charge on any atom is 0.301 e. The molecule has 1 aliphatic rings. The highest BCUT2D eigenvalue weighted by Gasteiger charge is 2.48. The molecule has 210 valence electrons. The van der Waals surface area contributed by atoms with Gasteiger partial charge in [0.2, 0.25) is 0 Å². The van der Waals surface area contributed by atoms with Crippen molar-refractivity contribution in [1.82, 2.24) is 4.98 Å². The number of aromatic nitrogens is 1. The van der Waals surface area contributed by atoms with Crippen molar-refractivity contribution in [2.75, 3.05) is 12.0 Å². The van der Waals surface area contributed by atoms with Gasteiger partial charge in [-0.3, -0.25) is 14.5 Å². The van der Waals surface area contributed by atoms with Gasteiger partial charge in [-0.15, -0.1) is 0 Å². The highest BCUT2D eigenvalue weighted by molar-refractivity contribution is 7.22. The third-order valence-corrected chi connectivity index (χ3v) is 8.35. The molecule has 1 atom stereocenters. The number of rotatable bonds is 7. The van der Waals surface area contributed by atoms with Crippen LogP contribution in [0, 0.1) is 0 Å². The molecule has 1 unspecified atom stereocenters. The minimum absolute atomic E-state index is 0.0837. The Hall–Kier alpha value is -4.37. The molecule has 10 heteroatoms. The second-order valence-corrected chi connectivity index (χ2v) is 11.4. The van der Waals surface area contributed by atoms with Crippen molar-refractivity contribution in [3.63, 3.8) is 0 Å². The van der Waals surface area contributed by atoms with Gasteiger partial charge in [-0.05, 0) is 65.7 Å². The summed E-state index contributed by atoms with van der Waals surface area (Å²) in [7, 11) is 1.51. The number of aliphatic hydroxyl groups excluding tert-OH is 1. The molecule has 4 aromatic carbocycles. The topological polar surface area (TPSA) is 89.0 Å². The van der Waals surface area contributed by atoms with Crippen LogP contribution in [0.5, 0.6) is 11.5 Å². The van der Waals surface area contributed by atoms with Gasteiger partial charge in [0.05, 0.1) is 28.9 Å². The van der Waals surface area contributed by atoms with Gasteiger partial charge in [0.25, 0.3) is 5.78 Å². The van der Waals surface area contributed by atoms with Gasteiger partial charge in [0, 0.05) is 15.6 Å². The van der Waals surface area contributed by atoms with E-state index in [4.69, 9.17) is 32.7 Å². The summed E-state index contributed by atoms with van der Waals surface area (Å²) in [5.41, 5.74) is 2.38. The van der Waals surface area contributed by atoms with E-state index in [2.05, 4.69) is 4.98 Å². The van der Waals surface area contributed by atoms with Crippen molar-refractivity contribution in [1.29, 1.82) is 0 Å². The number of carbonyl (C=O) groups excluding carboxylic acids is 2.